The van der Waals surface area contributed by atoms with Gasteiger partial charge in [-0.05, 0) is 0 Å². The monoisotopic (exact) mass is 792 g/mol. The zero-order valence-electron chi connectivity index (χ0n) is 29.6. The molecule has 0 nitrogen and oxygen atoms in total. The van der Waals surface area contributed by atoms with E-state index < -0.39 is 20.0 Å². The third-order valence-electron chi connectivity index (χ3n) is 12.1. The number of rotatable bonds is 6. The third-order valence-corrected chi connectivity index (χ3v) is 27.2. The van der Waals surface area contributed by atoms with Gasteiger partial charge in [0.05, 0.1) is 0 Å². The van der Waals surface area contributed by atoms with Gasteiger partial charge in [-0.25, -0.2) is 0 Å². The van der Waals surface area contributed by atoms with Crippen LogP contribution in [-0.4, -0.2) is 0 Å². The predicted molar refractivity (Wildman–Crippen MR) is 203 cm³/mol. The summed E-state index contributed by atoms with van der Waals surface area (Å²) in [5, 5.41) is 0. The Balaban J connectivity index is 1.32. The van der Waals surface area contributed by atoms with Crippen molar-refractivity contribution in [3.63, 3.8) is 0 Å². The molecule has 240 valence electrons. The van der Waals surface area contributed by atoms with Gasteiger partial charge in [0.25, 0.3) is 0 Å². The SMILES string of the molecule is CC(C)c1ccc(-c2cccc3c2C=C2[CH]3[Hf]([CH3])([CH3])[CH]3C(=Cc4c(-c5ccc(C(C)C)cc5)cccc43)C2(C)Cc2ccccc2)cc1. The fraction of sp³-hybridized carbons (Fsp3) is 0.277. The van der Waals surface area contributed by atoms with Crippen molar-refractivity contribution in [2.75, 3.05) is 0 Å². The maximum atomic E-state index is 2.77. The van der Waals surface area contributed by atoms with Crippen LogP contribution in [0.3, 0.4) is 0 Å². The first-order chi connectivity index (χ1) is 23.1. The van der Waals surface area contributed by atoms with Gasteiger partial charge in [-0.3, -0.25) is 0 Å². The molecule has 48 heavy (non-hydrogen) atoms. The van der Waals surface area contributed by atoms with Crippen LogP contribution in [0.25, 0.3) is 34.4 Å². The molecule has 2 atom stereocenters. The van der Waals surface area contributed by atoms with Crippen molar-refractivity contribution >= 4 is 12.2 Å². The molecule has 0 aromatic heterocycles. The van der Waals surface area contributed by atoms with Gasteiger partial charge in [-0.2, -0.15) is 0 Å². The van der Waals surface area contributed by atoms with E-state index in [0.29, 0.717) is 19.2 Å². The van der Waals surface area contributed by atoms with Crippen molar-refractivity contribution < 1.29 is 20.0 Å². The van der Waals surface area contributed by atoms with E-state index in [1.165, 1.54) is 50.1 Å². The Bertz CT molecular complexity index is 1940. The van der Waals surface area contributed by atoms with Gasteiger partial charge in [-0.15, -0.1) is 0 Å². The van der Waals surface area contributed by atoms with Gasteiger partial charge in [0, 0.05) is 0 Å². The molecule has 1 fully saturated rings. The van der Waals surface area contributed by atoms with Crippen LogP contribution < -0.4 is 0 Å². The zero-order valence-corrected chi connectivity index (χ0v) is 33.2. The van der Waals surface area contributed by atoms with Crippen LogP contribution in [0.5, 0.6) is 0 Å². The molecule has 5 aromatic carbocycles. The number of fused-ring (bicyclic) bond motifs is 6. The molecule has 1 saturated heterocycles. The fourth-order valence-corrected chi connectivity index (χ4v) is 26.9. The summed E-state index contributed by atoms with van der Waals surface area (Å²) in [6, 6.07) is 44.4. The molecule has 0 N–H and O–H groups in total. The molecule has 2 aliphatic carbocycles. The molecule has 0 radical (unpaired) electrons. The first-order valence-electron chi connectivity index (χ1n) is 18.0. The normalized spacial score (nSPS) is 21.8. The molecule has 3 aliphatic rings. The number of hydrogen-bond acceptors (Lipinski definition) is 0. The van der Waals surface area contributed by atoms with Crippen molar-refractivity contribution in [3.05, 3.63) is 165 Å². The first-order valence-corrected chi connectivity index (χ1v) is 29.4. The van der Waals surface area contributed by atoms with Crippen molar-refractivity contribution in [1.29, 1.82) is 0 Å². The Kier molecular flexibility index (Phi) is 7.79. The second-order valence-corrected chi connectivity index (χ2v) is 33.3. The topological polar surface area (TPSA) is 0 Å². The van der Waals surface area contributed by atoms with E-state index in [2.05, 4.69) is 171 Å². The summed E-state index contributed by atoms with van der Waals surface area (Å²) in [6.07, 6.45) is 6.37. The molecule has 5 aromatic rings. The van der Waals surface area contributed by atoms with Crippen molar-refractivity contribution in [1.82, 2.24) is 0 Å². The predicted octanol–water partition coefficient (Wildman–Crippen LogP) is 13.4. The molecule has 2 unspecified atom stereocenters. The molecular weight excluding hydrogens is 743 g/mol. The summed E-state index contributed by atoms with van der Waals surface area (Å²) in [6.45, 7) is 11.7. The van der Waals surface area contributed by atoms with Gasteiger partial charge in [-0.1, -0.05) is 0 Å². The molecule has 0 spiro atoms. The van der Waals surface area contributed by atoms with E-state index in [0.717, 1.165) is 6.42 Å². The van der Waals surface area contributed by atoms with Gasteiger partial charge >= 0.3 is 295 Å². The second-order valence-electron chi connectivity index (χ2n) is 16.1. The van der Waals surface area contributed by atoms with Crippen LogP contribution in [0.4, 0.5) is 0 Å². The van der Waals surface area contributed by atoms with E-state index in [1.807, 2.05) is 0 Å². The molecular formula is C47H48Hf. The van der Waals surface area contributed by atoms with Crippen molar-refractivity contribution in [3.8, 4) is 22.3 Å². The summed E-state index contributed by atoms with van der Waals surface area (Å²) in [4.78, 5) is 0. The van der Waals surface area contributed by atoms with E-state index in [9.17, 15) is 0 Å². The molecule has 1 aliphatic heterocycles. The van der Waals surface area contributed by atoms with Crippen molar-refractivity contribution in [2.24, 2.45) is 5.41 Å². The standard InChI is InChI=1S/C45H42.2CH3.Hf/c1-30(2)33-17-21-35(22-18-33)41-15-9-13-37-25-39(27-43(37)41)45(5,29-32-11-7-6-8-12-32)40-26-38-14-10-16-42(44(38)28-40)36-23-19-34(20-24-36)31(3)4;;;/h6-28,30-31H,29H2,1-5H3;2*1H3;. The average Bonchev–Trinajstić information content (AvgIpc) is 3.70. The molecule has 1 heteroatoms. The first kappa shape index (κ1) is 31.7. The Hall–Kier alpha value is -3.55. The average molecular weight is 791 g/mol. The Morgan fingerprint density at radius 3 is 1.40 bits per heavy atom. The molecule has 0 bridgehead atoms. The van der Waals surface area contributed by atoms with Gasteiger partial charge in [0.1, 0.15) is 0 Å². The summed E-state index contributed by atoms with van der Waals surface area (Å²) in [5.41, 5.74) is 19.1. The molecule has 8 rings (SSSR count). The maximum absolute atomic E-state index is 3.18. The Morgan fingerprint density at radius 2 is 0.979 bits per heavy atom. The van der Waals surface area contributed by atoms with E-state index in [1.54, 1.807) is 22.3 Å². The van der Waals surface area contributed by atoms with Gasteiger partial charge < -0.3 is 0 Å². The minimum atomic E-state index is -3.18. The van der Waals surface area contributed by atoms with E-state index in [-0.39, 0.29) is 5.41 Å². The Labute approximate surface area is 293 Å². The molecule has 0 amide bonds. The van der Waals surface area contributed by atoms with Crippen LogP contribution in [0, 0.1) is 5.41 Å². The molecule has 0 saturated carbocycles. The summed E-state index contributed by atoms with van der Waals surface area (Å²) >= 11 is -3.18. The van der Waals surface area contributed by atoms with Crippen LogP contribution in [-0.2, 0) is 26.4 Å². The zero-order chi connectivity index (χ0) is 33.4. The van der Waals surface area contributed by atoms with Crippen LogP contribution >= 0.6 is 0 Å². The van der Waals surface area contributed by atoms with Gasteiger partial charge in [0.2, 0.25) is 0 Å². The Morgan fingerprint density at radius 1 is 0.542 bits per heavy atom. The summed E-state index contributed by atoms with van der Waals surface area (Å²) in [5.74, 6) is 1.07. The fourth-order valence-electron chi connectivity index (χ4n) is 9.50. The molecule has 1 heterocycles. The van der Waals surface area contributed by atoms with Crippen LogP contribution in [0.15, 0.2) is 126 Å². The number of hydrogen-bond donors (Lipinski definition) is 0. The third kappa shape index (κ3) is 4.94. The quantitative estimate of drug-likeness (QED) is 0.150. The van der Waals surface area contributed by atoms with Crippen LogP contribution in [0.1, 0.15) is 92.7 Å². The summed E-state index contributed by atoms with van der Waals surface area (Å²) < 4.78 is 6.64. The number of benzene rings is 5. The van der Waals surface area contributed by atoms with E-state index >= 15 is 0 Å². The van der Waals surface area contributed by atoms with E-state index in [4.69, 9.17) is 0 Å². The summed E-state index contributed by atoms with van der Waals surface area (Å²) in [7, 11) is 0. The minimum absolute atomic E-state index is 0.0677. The van der Waals surface area contributed by atoms with Crippen LogP contribution in [0.2, 0.25) is 9.36 Å². The van der Waals surface area contributed by atoms with Crippen molar-refractivity contribution in [2.45, 2.75) is 69.6 Å². The van der Waals surface area contributed by atoms with Gasteiger partial charge in [0.15, 0.2) is 0 Å². The number of allylic oxidation sites excluding steroid dienone is 2. The second kappa shape index (κ2) is 11.8.